The van der Waals surface area contributed by atoms with Crippen molar-refractivity contribution < 1.29 is 14.6 Å². The minimum Gasteiger partial charge on any atom is -0.396 e. The Labute approximate surface area is 142 Å². The van der Waals surface area contributed by atoms with E-state index in [0.29, 0.717) is 11.5 Å². The van der Waals surface area contributed by atoms with Crippen molar-refractivity contribution in [2.45, 2.75) is 25.9 Å². The lowest BCUT2D eigenvalue weighted by Gasteiger charge is -2.18. The summed E-state index contributed by atoms with van der Waals surface area (Å²) < 4.78 is 16.2. The van der Waals surface area contributed by atoms with E-state index in [1.54, 1.807) is 32.0 Å². The molecule has 0 aliphatic carbocycles. The van der Waals surface area contributed by atoms with Crippen molar-refractivity contribution in [3.8, 4) is 5.82 Å². The molecule has 2 N–H and O–H groups in total. The van der Waals surface area contributed by atoms with E-state index in [1.807, 2.05) is 0 Å². The molecule has 0 aromatic carbocycles. The fourth-order valence-corrected chi connectivity index (χ4v) is 2.65. The van der Waals surface area contributed by atoms with Crippen LogP contribution in [0.4, 0.5) is 4.39 Å². The number of aliphatic hydroxyl groups excluding tert-OH is 1. The molecule has 3 rings (SSSR count). The van der Waals surface area contributed by atoms with Crippen LogP contribution in [0.1, 0.15) is 25.2 Å². The van der Waals surface area contributed by atoms with Gasteiger partial charge in [-0.3, -0.25) is 4.57 Å². The fourth-order valence-electron chi connectivity index (χ4n) is 2.52. The smallest absolute Gasteiger partial charge is 0.224 e. The van der Waals surface area contributed by atoms with Crippen LogP contribution in [0.15, 0.2) is 24.4 Å². The van der Waals surface area contributed by atoms with Crippen LogP contribution in [0.3, 0.4) is 0 Å². The molecule has 6 nitrogen and oxygen atoms in total. The van der Waals surface area contributed by atoms with Crippen LogP contribution in [0.2, 0.25) is 5.28 Å². The highest BCUT2D eigenvalue weighted by atomic mass is 35.5. The van der Waals surface area contributed by atoms with E-state index in [1.165, 1.54) is 10.8 Å². The van der Waals surface area contributed by atoms with Gasteiger partial charge < -0.3 is 10.2 Å². The van der Waals surface area contributed by atoms with Gasteiger partial charge in [0.25, 0.3) is 0 Å². The molecule has 0 saturated carbocycles. The summed E-state index contributed by atoms with van der Waals surface area (Å²) in [5, 5.41) is 19.6. The molecule has 0 bridgehead atoms. The van der Waals surface area contributed by atoms with E-state index in [9.17, 15) is 14.6 Å². The van der Waals surface area contributed by atoms with Gasteiger partial charge in [-0.1, -0.05) is 6.07 Å². The number of aromatic nitrogens is 4. The van der Waals surface area contributed by atoms with Crippen LogP contribution < -0.4 is 0 Å². The number of hydrogen-bond acceptors (Lipinski definition) is 5. The van der Waals surface area contributed by atoms with Crippen LogP contribution in [0, 0.1) is 5.82 Å². The first-order chi connectivity index (χ1) is 11.3. The van der Waals surface area contributed by atoms with Gasteiger partial charge in [-0.15, -0.1) is 0 Å². The first-order valence-corrected chi connectivity index (χ1v) is 7.73. The number of halogens is 2. The number of pyridine rings is 1. The summed E-state index contributed by atoms with van der Waals surface area (Å²) in [4.78, 5) is 12.3. The molecule has 3 aromatic heterocycles. The molecule has 0 fully saturated rings. The van der Waals surface area contributed by atoms with Gasteiger partial charge in [0.2, 0.25) is 5.28 Å². The summed E-state index contributed by atoms with van der Waals surface area (Å²) in [5.74, 6) is -0.145. The highest BCUT2D eigenvalue weighted by Gasteiger charge is 2.23. The van der Waals surface area contributed by atoms with Gasteiger partial charge in [0, 0.05) is 19.2 Å². The minimum absolute atomic E-state index is 0.0181. The van der Waals surface area contributed by atoms with Gasteiger partial charge in [0.15, 0.2) is 11.5 Å². The van der Waals surface area contributed by atoms with Gasteiger partial charge in [0.05, 0.1) is 16.8 Å². The van der Waals surface area contributed by atoms with Crippen molar-refractivity contribution in [2.24, 2.45) is 0 Å². The molecule has 3 aromatic rings. The van der Waals surface area contributed by atoms with Crippen LogP contribution in [-0.4, -0.2) is 36.3 Å². The van der Waals surface area contributed by atoms with Crippen molar-refractivity contribution in [3.05, 3.63) is 46.9 Å². The van der Waals surface area contributed by atoms with Gasteiger partial charge in [-0.25, -0.2) is 14.4 Å². The quantitative estimate of drug-likeness (QED) is 0.706. The second kappa shape index (κ2) is 6.08. The Morgan fingerprint density at radius 3 is 2.71 bits per heavy atom. The zero-order chi connectivity index (χ0) is 17.5. The topological polar surface area (TPSA) is 84.1 Å². The Kier molecular flexibility index (Phi) is 4.25. The Bertz CT molecular complexity index is 905. The van der Waals surface area contributed by atoms with E-state index < -0.39 is 11.4 Å². The molecular formula is C16H16ClFN4O2. The van der Waals surface area contributed by atoms with E-state index in [-0.39, 0.29) is 35.0 Å². The summed E-state index contributed by atoms with van der Waals surface area (Å²) in [7, 11) is 0. The average molecular weight is 351 g/mol. The molecule has 0 spiro atoms. The Morgan fingerprint density at radius 1 is 1.29 bits per heavy atom. The maximum absolute atomic E-state index is 14.7. The minimum atomic E-state index is -1.15. The summed E-state index contributed by atoms with van der Waals surface area (Å²) in [6.45, 7) is 2.99. The third-order valence-corrected chi connectivity index (χ3v) is 3.83. The molecule has 0 radical (unpaired) electrons. The third-order valence-electron chi connectivity index (χ3n) is 3.65. The van der Waals surface area contributed by atoms with Gasteiger partial charge >= 0.3 is 0 Å². The van der Waals surface area contributed by atoms with Crippen LogP contribution in [0.5, 0.6) is 0 Å². The molecule has 0 aliphatic heterocycles. The second-order valence-electron chi connectivity index (χ2n) is 5.89. The zero-order valence-electron chi connectivity index (χ0n) is 13.2. The number of rotatable bonds is 4. The fraction of sp³-hybridized carbons (Fsp3) is 0.312. The molecule has 3 heterocycles. The lowest BCUT2D eigenvalue weighted by atomic mass is 10.1. The monoisotopic (exact) mass is 350 g/mol. The molecule has 0 unspecified atom stereocenters. The van der Waals surface area contributed by atoms with Crippen LogP contribution >= 0.6 is 11.6 Å². The van der Waals surface area contributed by atoms with Crippen LogP contribution in [-0.2, 0) is 12.0 Å². The van der Waals surface area contributed by atoms with E-state index in [2.05, 4.69) is 15.0 Å². The lowest BCUT2D eigenvalue weighted by Crippen LogP contribution is -2.18. The van der Waals surface area contributed by atoms with Gasteiger partial charge in [-0.2, -0.15) is 4.98 Å². The van der Waals surface area contributed by atoms with Crippen molar-refractivity contribution in [3.63, 3.8) is 0 Å². The predicted octanol–water partition coefficient (Wildman–Crippen LogP) is 2.37. The first-order valence-electron chi connectivity index (χ1n) is 7.35. The Hall–Kier alpha value is -2.09. The summed E-state index contributed by atoms with van der Waals surface area (Å²) >= 11 is 5.85. The third kappa shape index (κ3) is 2.86. The molecule has 0 amide bonds. The Balaban J connectivity index is 2.32. The SMILES string of the molecule is CC(C)(O)c1cccc(-n2c(CCO)c(F)c3cnc(Cl)nc32)n1. The molecule has 0 saturated heterocycles. The summed E-state index contributed by atoms with van der Waals surface area (Å²) in [6.07, 6.45) is 1.38. The van der Waals surface area contributed by atoms with Crippen LogP contribution in [0.25, 0.3) is 16.9 Å². The van der Waals surface area contributed by atoms with Crippen molar-refractivity contribution in [1.82, 2.24) is 19.5 Å². The molecule has 0 atom stereocenters. The first kappa shape index (κ1) is 16.8. The maximum atomic E-state index is 14.7. The molecule has 126 valence electrons. The number of aliphatic hydroxyl groups is 2. The van der Waals surface area contributed by atoms with E-state index in [4.69, 9.17) is 11.6 Å². The highest BCUT2D eigenvalue weighted by molar-refractivity contribution is 6.28. The largest absolute Gasteiger partial charge is 0.396 e. The number of fused-ring (bicyclic) bond motifs is 1. The Morgan fingerprint density at radius 2 is 2.04 bits per heavy atom. The van der Waals surface area contributed by atoms with Crippen molar-refractivity contribution >= 4 is 22.6 Å². The van der Waals surface area contributed by atoms with E-state index in [0.717, 1.165) is 0 Å². The van der Waals surface area contributed by atoms with Crippen molar-refractivity contribution in [2.75, 3.05) is 6.61 Å². The van der Waals surface area contributed by atoms with Gasteiger partial charge in [0.1, 0.15) is 11.4 Å². The van der Waals surface area contributed by atoms with E-state index >= 15 is 0 Å². The lowest BCUT2D eigenvalue weighted by molar-refractivity contribution is 0.0738. The summed E-state index contributed by atoms with van der Waals surface area (Å²) in [6, 6.07) is 5.06. The van der Waals surface area contributed by atoms with Gasteiger partial charge in [-0.05, 0) is 37.6 Å². The standard InChI is InChI=1S/C16H16ClFN4O2/c1-16(2,24)11-4-3-5-12(20-11)22-10(6-7-23)13(18)9-8-19-15(17)21-14(9)22/h3-5,8,23-24H,6-7H2,1-2H3. The second-order valence-corrected chi connectivity index (χ2v) is 6.22. The molecule has 8 heteroatoms. The normalized spacial score (nSPS) is 12.1. The number of hydrogen-bond donors (Lipinski definition) is 2. The summed E-state index contributed by atoms with van der Waals surface area (Å²) in [5.41, 5.74) is -0.237. The zero-order valence-corrected chi connectivity index (χ0v) is 13.9. The molecule has 0 aliphatic rings. The molecule has 24 heavy (non-hydrogen) atoms. The van der Waals surface area contributed by atoms with Crippen molar-refractivity contribution in [1.29, 1.82) is 0 Å². The predicted molar refractivity (Wildman–Crippen MR) is 87.7 cm³/mol. The number of nitrogens with zero attached hydrogens (tertiary/aromatic N) is 4. The average Bonchev–Trinajstić information content (AvgIpc) is 2.79. The highest BCUT2D eigenvalue weighted by Crippen LogP contribution is 2.28. The maximum Gasteiger partial charge on any atom is 0.224 e. The molecular weight excluding hydrogens is 335 g/mol.